The summed E-state index contributed by atoms with van der Waals surface area (Å²) in [4.78, 5) is 21.0. The molecule has 0 atom stereocenters. The van der Waals surface area contributed by atoms with Gasteiger partial charge in [-0.25, -0.2) is 0 Å². The molecule has 0 aliphatic rings. The van der Waals surface area contributed by atoms with Crippen LogP contribution in [0.4, 0.5) is 11.4 Å². The Balaban J connectivity index is 2.52. The van der Waals surface area contributed by atoms with E-state index in [1.807, 2.05) is 0 Å². The number of benzene rings is 3. The van der Waals surface area contributed by atoms with Crippen molar-refractivity contribution in [3.8, 4) is 0 Å². The second kappa shape index (κ2) is 4.27. The van der Waals surface area contributed by atoms with Crippen LogP contribution in [0.3, 0.4) is 0 Å². The van der Waals surface area contributed by atoms with Gasteiger partial charge in [0.15, 0.2) is 0 Å². The molecule has 0 amide bonds. The fraction of sp³-hybridized carbons (Fsp3) is 0. The first-order valence-electron chi connectivity index (χ1n) is 5.82. The minimum Gasteiger partial charge on any atom is -0.258 e. The Kier molecular flexibility index (Phi) is 2.57. The molecule has 3 aromatic rings. The van der Waals surface area contributed by atoms with Crippen LogP contribution < -0.4 is 0 Å². The van der Waals surface area contributed by atoms with Gasteiger partial charge in [0, 0.05) is 23.6 Å². The van der Waals surface area contributed by atoms with E-state index in [0.717, 1.165) is 5.39 Å². The number of fused-ring (bicyclic) bond motifs is 3. The highest BCUT2D eigenvalue weighted by atomic mass is 16.6. The second-order valence-electron chi connectivity index (χ2n) is 4.36. The van der Waals surface area contributed by atoms with Gasteiger partial charge in [-0.1, -0.05) is 24.3 Å². The van der Waals surface area contributed by atoms with Crippen LogP contribution in [-0.2, 0) is 0 Å². The first-order valence-corrected chi connectivity index (χ1v) is 5.82. The average molecular weight is 268 g/mol. The lowest BCUT2D eigenvalue weighted by molar-refractivity contribution is -0.384. The van der Waals surface area contributed by atoms with Gasteiger partial charge in [-0.05, 0) is 16.8 Å². The van der Waals surface area contributed by atoms with Crippen LogP contribution in [-0.4, -0.2) is 9.85 Å². The largest absolute Gasteiger partial charge is 0.277 e. The topological polar surface area (TPSA) is 86.3 Å². The van der Waals surface area contributed by atoms with Gasteiger partial charge in [0.1, 0.15) is 0 Å². The molecule has 3 aromatic carbocycles. The lowest BCUT2D eigenvalue weighted by atomic mass is 10.00. The molecule has 98 valence electrons. The summed E-state index contributed by atoms with van der Waals surface area (Å²) >= 11 is 0. The van der Waals surface area contributed by atoms with Crippen molar-refractivity contribution in [2.45, 2.75) is 0 Å². The average Bonchev–Trinajstić information content (AvgIpc) is 2.45. The summed E-state index contributed by atoms with van der Waals surface area (Å²) in [6.07, 6.45) is 0. The van der Waals surface area contributed by atoms with E-state index in [2.05, 4.69) is 0 Å². The van der Waals surface area contributed by atoms with E-state index in [-0.39, 0.29) is 11.4 Å². The molecule has 0 fully saturated rings. The van der Waals surface area contributed by atoms with Gasteiger partial charge < -0.3 is 0 Å². The molecule has 0 N–H and O–H groups in total. The van der Waals surface area contributed by atoms with Crippen LogP contribution in [0.2, 0.25) is 0 Å². The van der Waals surface area contributed by atoms with Crippen molar-refractivity contribution >= 4 is 32.9 Å². The molecule has 0 spiro atoms. The summed E-state index contributed by atoms with van der Waals surface area (Å²) in [5.74, 6) is 0. The van der Waals surface area contributed by atoms with Crippen molar-refractivity contribution in [1.82, 2.24) is 0 Å². The van der Waals surface area contributed by atoms with Crippen LogP contribution in [0.15, 0.2) is 48.5 Å². The Morgan fingerprint density at radius 3 is 2.20 bits per heavy atom. The van der Waals surface area contributed by atoms with Gasteiger partial charge in [-0.2, -0.15) is 0 Å². The molecule has 6 nitrogen and oxygen atoms in total. The maximum absolute atomic E-state index is 11.1. The van der Waals surface area contributed by atoms with E-state index in [1.54, 1.807) is 24.3 Å². The number of hydrogen-bond acceptors (Lipinski definition) is 4. The highest BCUT2D eigenvalue weighted by molar-refractivity contribution is 6.12. The highest BCUT2D eigenvalue weighted by Gasteiger charge is 2.17. The van der Waals surface area contributed by atoms with Crippen LogP contribution in [0, 0.1) is 20.2 Å². The molecule has 0 heterocycles. The van der Waals surface area contributed by atoms with Crippen molar-refractivity contribution in [3.63, 3.8) is 0 Å². The molecule has 0 bridgehead atoms. The minimum absolute atomic E-state index is 0.0476. The highest BCUT2D eigenvalue weighted by Crippen LogP contribution is 2.35. The van der Waals surface area contributed by atoms with E-state index < -0.39 is 9.85 Å². The van der Waals surface area contributed by atoms with E-state index in [4.69, 9.17) is 0 Å². The molecule has 6 heteroatoms. The number of nitro groups is 2. The van der Waals surface area contributed by atoms with Gasteiger partial charge in [0.25, 0.3) is 11.4 Å². The number of nitrogens with zero attached hydrogens (tertiary/aromatic N) is 2. The molecule has 0 aliphatic carbocycles. The van der Waals surface area contributed by atoms with Crippen molar-refractivity contribution in [2.75, 3.05) is 0 Å². The summed E-state index contributed by atoms with van der Waals surface area (Å²) in [6.45, 7) is 0. The summed E-state index contributed by atoms with van der Waals surface area (Å²) < 4.78 is 0. The molecule has 20 heavy (non-hydrogen) atoms. The SMILES string of the molecule is O=[N+]([O-])c1ccc2c([N+](=O)[O-])cc3ccccc3c2c1. The number of non-ortho nitro benzene ring substituents is 2. The number of nitro benzene ring substituents is 2. The quantitative estimate of drug-likeness (QED) is 0.401. The van der Waals surface area contributed by atoms with Gasteiger partial charge in [0.05, 0.1) is 15.2 Å². The minimum atomic E-state index is -0.507. The lowest BCUT2D eigenvalue weighted by Gasteiger charge is -2.05. The molecule has 0 aromatic heterocycles. The summed E-state index contributed by atoms with van der Waals surface area (Å²) in [5, 5.41) is 24.4. The maximum atomic E-state index is 11.1. The molecule has 0 radical (unpaired) electrons. The molecular formula is C14H8N2O4. The molecular weight excluding hydrogens is 260 g/mol. The van der Waals surface area contributed by atoms with E-state index in [9.17, 15) is 20.2 Å². The lowest BCUT2D eigenvalue weighted by Crippen LogP contribution is -1.92. The predicted molar refractivity (Wildman–Crippen MR) is 74.8 cm³/mol. The van der Waals surface area contributed by atoms with Crippen LogP contribution in [0.25, 0.3) is 21.5 Å². The normalized spacial score (nSPS) is 10.8. The third kappa shape index (κ3) is 1.74. The Morgan fingerprint density at radius 1 is 0.750 bits per heavy atom. The smallest absolute Gasteiger partial charge is 0.258 e. The van der Waals surface area contributed by atoms with Crippen molar-refractivity contribution in [1.29, 1.82) is 0 Å². The van der Waals surface area contributed by atoms with E-state index in [0.29, 0.717) is 16.2 Å². The molecule has 0 aliphatic heterocycles. The molecule has 3 rings (SSSR count). The van der Waals surface area contributed by atoms with E-state index in [1.165, 1.54) is 24.3 Å². The second-order valence-corrected chi connectivity index (χ2v) is 4.36. The van der Waals surface area contributed by atoms with Gasteiger partial charge in [-0.15, -0.1) is 0 Å². The standard InChI is InChI=1S/C14H8N2O4/c17-15(18)10-5-6-12-13(8-10)11-4-2-1-3-9(11)7-14(12)16(19)20/h1-8H. The van der Waals surface area contributed by atoms with Crippen LogP contribution >= 0.6 is 0 Å². The van der Waals surface area contributed by atoms with E-state index >= 15 is 0 Å². The first kappa shape index (κ1) is 12.0. The van der Waals surface area contributed by atoms with Crippen molar-refractivity contribution in [2.24, 2.45) is 0 Å². The summed E-state index contributed by atoms with van der Waals surface area (Å²) in [6, 6.07) is 12.7. The van der Waals surface area contributed by atoms with Crippen LogP contribution in [0.5, 0.6) is 0 Å². The zero-order valence-electron chi connectivity index (χ0n) is 10.1. The Morgan fingerprint density at radius 2 is 1.50 bits per heavy atom. The zero-order chi connectivity index (χ0) is 14.3. The first-order chi connectivity index (χ1) is 9.58. The van der Waals surface area contributed by atoms with Crippen molar-refractivity contribution < 1.29 is 9.85 Å². The fourth-order valence-corrected chi connectivity index (χ4v) is 2.34. The third-order valence-corrected chi connectivity index (χ3v) is 3.23. The summed E-state index contributed by atoms with van der Waals surface area (Å²) in [5.41, 5.74) is -0.128. The maximum Gasteiger partial charge on any atom is 0.277 e. The number of rotatable bonds is 2. The predicted octanol–water partition coefficient (Wildman–Crippen LogP) is 3.81. The van der Waals surface area contributed by atoms with Crippen LogP contribution in [0.1, 0.15) is 0 Å². The summed E-state index contributed by atoms with van der Waals surface area (Å²) in [7, 11) is 0. The Labute approximate surface area is 112 Å². The monoisotopic (exact) mass is 268 g/mol. The van der Waals surface area contributed by atoms with Gasteiger partial charge in [-0.3, -0.25) is 20.2 Å². The Hall–Kier alpha value is -3.02. The molecule has 0 unspecified atom stereocenters. The molecule has 0 saturated heterocycles. The third-order valence-electron chi connectivity index (χ3n) is 3.23. The Bertz CT molecular complexity index is 874. The number of hydrogen-bond donors (Lipinski definition) is 0. The molecule has 0 saturated carbocycles. The fourth-order valence-electron chi connectivity index (χ4n) is 2.34. The van der Waals surface area contributed by atoms with Gasteiger partial charge in [0.2, 0.25) is 0 Å². The van der Waals surface area contributed by atoms with Gasteiger partial charge >= 0.3 is 0 Å². The van der Waals surface area contributed by atoms with Crippen molar-refractivity contribution in [3.05, 3.63) is 68.8 Å². The zero-order valence-corrected chi connectivity index (χ0v) is 10.1.